The zero-order valence-corrected chi connectivity index (χ0v) is 6.39. The molecule has 2 N–H and O–H groups in total. The quantitative estimate of drug-likeness (QED) is 0.377. The fraction of sp³-hybridized carbons (Fsp3) is 0.167. The molecule has 0 unspecified atom stereocenters. The zero-order valence-electron chi connectivity index (χ0n) is 5.50. The third-order valence-corrected chi connectivity index (χ3v) is 1.47. The van der Waals surface area contributed by atoms with Crippen molar-refractivity contribution in [3.05, 3.63) is 23.3 Å². The third-order valence-electron chi connectivity index (χ3n) is 1.22. The van der Waals surface area contributed by atoms with Crippen molar-refractivity contribution in [2.75, 3.05) is 0 Å². The Labute approximate surface area is 63.8 Å². The van der Waals surface area contributed by atoms with E-state index < -0.39 is 0 Å². The van der Waals surface area contributed by atoms with E-state index in [0.29, 0.717) is 10.5 Å². The van der Waals surface area contributed by atoms with E-state index in [2.05, 4.69) is 12.6 Å². The highest BCUT2D eigenvalue weighted by Gasteiger charge is 1.94. The number of nitrogens with zero attached hydrogens (tertiary/aromatic N) is 1. The average Bonchev–Trinajstić information content (AvgIpc) is 1.82. The van der Waals surface area contributed by atoms with Gasteiger partial charge in [0.15, 0.2) is 5.49 Å². The summed E-state index contributed by atoms with van der Waals surface area (Å²) in [7, 11) is 0. The summed E-state index contributed by atoms with van der Waals surface area (Å²) >= 11 is 4.01. The molecular weight excluding hydrogens is 148 g/mol. The first-order valence-electron chi connectivity index (χ1n) is 2.77. The maximum absolute atomic E-state index is 8.96. The van der Waals surface area contributed by atoms with E-state index in [0.717, 1.165) is 4.73 Å². The Morgan fingerprint density at radius 3 is 2.80 bits per heavy atom. The molecule has 0 aliphatic heterocycles. The molecule has 1 aromatic heterocycles. The number of pyridine rings is 1. The molecule has 0 amide bonds. The summed E-state index contributed by atoms with van der Waals surface area (Å²) in [5.41, 5.74) is 0.799. The van der Waals surface area contributed by atoms with Crippen LogP contribution in [0.25, 0.3) is 0 Å². The van der Waals surface area contributed by atoms with Crippen LogP contribution in [0.2, 0.25) is 0 Å². The highest BCUT2D eigenvalue weighted by molar-refractivity contribution is 7.80. The molecule has 0 aliphatic rings. The summed E-state index contributed by atoms with van der Waals surface area (Å²) < 4.78 is 0.748. The Morgan fingerprint density at radius 1 is 1.70 bits per heavy atom. The fourth-order valence-corrected chi connectivity index (χ4v) is 1.00. The van der Waals surface area contributed by atoms with Gasteiger partial charge in [-0.1, -0.05) is 0 Å². The summed E-state index contributed by atoms with van der Waals surface area (Å²) in [5, 5.41) is 16.2. The van der Waals surface area contributed by atoms with Crippen molar-refractivity contribution in [2.24, 2.45) is 0 Å². The molecular formula is C6H8N2OS. The molecule has 1 rings (SSSR count). The summed E-state index contributed by atoms with van der Waals surface area (Å²) in [6.07, 6.45) is 1.37. The van der Waals surface area contributed by atoms with Crippen LogP contribution in [0, 0.1) is 12.3 Å². The molecule has 0 aliphatic carbocycles. The number of thiol groups is 1. The summed E-state index contributed by atoms with van der Waals surface area (Å²) in [4.78, 5) is 0.649. The number of nitrogens with one attached hydrogen (secondary N) is 1. The maximum atomic E-state index is 8.96. The second-order valence-electron chi connectivity index (χ2n) is 2.07. The maximum Gasteiger partial charge on any atom is 0.163 e. The Morgan fingerprint density at radius 2 is 2.30 bits per heavy atom. The molecule has 3 nitrogen and oxygen atoms in total. The van der Waals surface area contributed by atoms with Crippen LogP contribution in [0.1, 0.15) is 5.56 Å². The molecule has 0 fully saturated rings. The van der Waals surface area contributed by atoms with Gasteiger partial charge < -0.3 is 5.21 Å². The number of hydrogen-bond donors (Lipinski definition) is 3. The topological polar surface area (TPSA) is 49.0 Å². The van der Waals surface area contributed by atoms with Crippen LogP contribution in [-0.4, -0.2) is 9.94 Å². The normalized spacial score (nSPS) is 9.80. The molecule has 1 heterocycles. The summed E-state index contributed by atoms with van der Waals surface area (Å²) in [6.45, 7) is 1.74. The minimum atomic E-state index is 0.0952. The van der Waals surface area contributed by atoms with Crippen LogP contribution < -0.4 is 5.49 Å². The lowest BCUT2D eigenvalue weighted by Gasteiger charge is -2.00. The first kappa shape index (κ1) is 7.21. The first-order valence-corrected chi connectivity index (χ1v) is 3.22. The molecule has 0 saturated heterocycles. The lowest BCUT2D eigenvalue weighted by Crippen LogP contribution is -2.19. The third kappa shape index (κ3) is 1.16. The highest BCUT2D eigenvalue weighted by atomic mass is 32.1. The lowest BCUT2D eigenvalue weighted by molar-refractivity contribution is 0.167. The van der Waals surface area contributed by atoms with Crippen molar-refractivity contribution in [1.29, 1.82) is 5.41 Å². The first-order chi connectivity index (χ1) is 4.61. The van der Waals surface area contributed by atoms with Gasteiger partial charge in [-0.2, -0.15) is 4.73 Å². The largest absolute Gasteiger partial charge is 0.427 e. The minimum absolute atomic E-state index is 0.0952. The number of aryl methyl sites for hydroxylation is 1. The van der Waals surface area contributed by atoms with Gasteiger partial charge in [-0.3, -0.25) is 5.41 Å². The van der Waals surface area contributed by atoms with Crippen LogP contribution in [0.3, 0.4) is 0 Å². The van der Waals surface area contributed by atoms with Crippen LogP contribution >= 0.6 is 12.6 Å². The molecule has 0 bridgehead atoms. The molecule has 4 heteroatoms. The molecule has 0 radical (unpaired) electrons. The van der Waals surface area contributed by atoms with E-state index in [1.807, 2.05) is 0 Å². The van der Waals surface area contributed by atoms with Crippen molar-refractivity contribution in [3.8, 4) is 0 Å². The van der Waals surface area contributed by atoms with Crippen molar-refractivity contribution < 1.29 is 5.21 Å². The van der Waals surface area contributed by atoms with Gasteiger partial charge in [0.1, 0.15) is 0 Å². The van der Waals surface area contributed by atoms with Gasteiger partial charge in [0.05, 0.1) is 6.20 Å². The van der Waals surface area contributed by atoms with Crippen LogP contribution in [0.5, 0.6) is 0 Å². The zero-order chi connectivity index (χ0) is 7.72. The van der Waals surface area contributed by atoms with E-state index in [9.17, 15) is 0 Å². The van der Waals surface area contributed by atoms with E-state index in [4.69, 9.17) is 10.6 Å². The van der Waals surface area contributed by atoms with E-state index in [-0.39, 0.29) is 5.49 Å². The second kappa shape index (κ2) is 2.38. The van der Waals surface area contributed by atoms with Gasteiger partial charge in [-0.25, -0.2) is 0 Å². The van der Waals surface area contributed by atoms with Crippen molar-refractivity contribution >= 4 is 12.6 Å². The molecule has 0 aromatic carbocycles. The van der Waals surface area contributed by atoms with Crippen molar-refractivity contribution in [2.45, 2.75) is 11.8 Å². The monoisotopic (exact) mass is 156 g/mol. The summed E-state index contributed by atoms with van der Waals surface area (Å²) in [6, 6.07) is 1.72. The average molecular weight is 156 g/mol. The Balaban J connectivity index is 3.46. The second-order valence-corrected chi connectivity index (χ2v) is 2.59. The predicted molar refractivity (Wildman–Crippen MR) is 39.5 cm³/mol. The van der Waals surface area contributed by atoms with Gasteiger partial charge in [0.2, 0.25) is 0 Å². The van der Waals surface area contributed by atoms with Gasteiger partial charge in [0, 0.05) is 4.90 Å². The standard InChI is InChI=1S/C6H8N2OS/c1-4-2-5(10)3-8(9)6(4)7/h2-3,7,9-10H,1H3. The summed E-state index contributed by atoms with van der Waals surface area (Å²) in [5.74, 6) is 0. The Bertz CT molecular complexity index is 279. The van der Waals surface area contributed by atoms with E-state index in [1.165, 1.54) is 6.20 Å². The minimum Gasteiger partial charge on any atom is -0.427 e. The van der Waals surface area contributed by atoms with E-state index >= 15 is 0 Å². The van der Waals surface area contributed by atoms with Crippen LogP contribution in [0.15, 0.2) is 17.2 Å². The predicted octanol–water partition coefficient (Wildman–Crippen LogP) is 0.802. The molecule has 10 heavy (non-hydrogen) atoms. The molecule has 1 aromatic rings. The lowest BCUT2D eigenvalue weighted by atomic mass is 10.3. The molecule has 0 spiro atoms. The fourth-order valence-electron chi connectivity index (χ4n) is 0.698. The smallest absolute Gasteiger partial charge is 0.163 e. The molecule has 0 saturated carbocycles. The van der Waals surface area contributed by atoms with Crippen LogP contribution in [-0.2, 0) is 0 Å². The molecule has 54 valence electrons. The number of hydrogen-bond acceptors (Lipinski definition) is 3. The SMILES string of the molecule is Cc1cc(S)cn(O)c1=N. The van der Waals surface area contributed by atoms with Gasteiger partial charge in [-0.05, 0) is 18.6 Å². The van der Waals surface area contributed by atoms with E-state index in [1.54, 1.807) is 13.0 Å². The molecule has 0 atom stereocenters. The Hall–Kier alpha value is -0.900. The number of aromatic nitrogens is 1. The number of rotatable bonds is 0. The van der Waals surface area contributed by atoms with Crippen molar-refractivity contribution in [1.82, 2.24) is 4.73 Å². The van der Waals surface area contributed by atoms with Gasteiger partial charge in [-0.15, -0.1) is 12.6 Å². The van der Waals surface area contributed by atoms with Crippen molar-refractivity contribution in [3.63, 3.8) is 0 Å². The highest BCUT2D eigenvalue weighted by Crippen LogP contribution is 2.02. The van der Waals surface area contributed by atoms with Gasteiger partial charge >= 0.3 is 0 Å². The van der Waals surface area contributed by atoms with Crippen LogP contribution in [0.4, 0.5) is 0 Å². The van der Waals surface area contributed by atoms with Gasteiger partial charge in [0.25, 0.3) is 0 Å². The Kier molecular flexibility index (Phi) is 1.72.